The Morgan fingerprint density at radius 2 is 1.90 bits per heavy atom. The molecule has 1 N–H and O–H groups in total. The number of carboxylic acids is 1. The molecule has 4 nitrogen and oxygen atoms in total. The van der Waals surface area contributed by atoms with Crippen molar-refractivity contribution in [2.45, 2.75) is 12.7 Å². The third kappa shape index (κ3) is 3.86. The molecule has 0 aliphatic rings. The summed E-state index contributed by atoms with van der Waals surface area (Å²) in [5.74, 6) is -2.03. The first-order chi connectivity index (χ1) is 14.7. The molecule has 2 aromatic heterocycles. The number of carbonyl (C=O) groups is 1. The van der Waals surface area contributed by atoms with Crippen LogP contribution in [-0.4, -0.2) is 20.6 Å². The standard InChI is InChI=1S/C22H13ClF4N2O2/c23-18-3-1-2-17(22(25,26)27)16(18)11-29-10-15(14-6-7-28-9-20(14)29)13-5-4-12(21(30)31)8-19(13)24/h1-10H,11H2,(H,30,31). The zero-order valence-electron chi connectivity index (χ0n) is 15.6. The van der Waals surface area contributed by atoms with Crippen LogP contribution in [0.5, 0.6) is 0 Å². The van der Waals surface area contributed by atoms with Gasteiger partial charge in [-0.1, -0.05) is 23.7 Å². The molecule has 0 unspecified atom stereocenters. The monoisotopic (exact) mass is 448 g/mol. The first kappa shape index (κ1) is 20.9. The molecule has 0 radical (unpaired) electrons. The molecule has 4 aromatic rings. The molecule has 0 fully saturated rings. The second kappa shape index (κ2) is 7.70. The number of rotatable bonds is 4. The van der Waals surface area contributed by atoms with Gasteiger partial charge < -0.3 is 9.67 Å². The summed E-state index contributed by atoms with van der Waals surface area (Å²) in [6.07, 6.45) is -0.138. The molecule has 0 saturated heterocycles. The van der Waals surface area contributed by atoms with Gasteiger partial charge >= 0.3 is 12.1 Å². The Morgan fingerprint density at radius 1 is 1.13 bits per heavy atom. The molecule has 0 atom stereocenters. The van der Waals surface area contributed by atoms with Gasteiger partial charge in [-0.15, -0.1) is 0 Å². The lowest BCUT2D eigenvalue weighted by Crippen LogP contribution is -2.12. The normalized spacial score (nSPS) is 11.8. The predicted molar refractivity (Wildman–Crippen MR) is 108 cm³/mol. The summed E-state index contributed by atoms with van der Waals surface area (Å²) in [7, 11) is 0. The number of carboxylic acid groups (broad SMARTS) is 1. The Labute approximate surface area is 178 Å². The third-order valence-electron chi connectivity index (χ3n) is 4.94. The topological polar surface area (TPSA) is 55.1 Å². The van der Waals surface area contributed by atoms with Gasteiger partial charge in [-0.3, -0.25) is 4.98 Å². The first-order valence-electron chi connectivity index (χ1n) is 8.97. The minimum Gasteiger partial charge on any atom is -0.478 e. The minimum absolute atomic E-state index is 0.0425. The van der Waals surface area contributed by atoms with Crippen LogP contribution in [0.2, 0.25) is 5.02 Å². The van der Waals surface area contributed by atoms with Crippen LogP contribution in [-0.2, 0) is 12.7 Å². The van der Waals surface area contributed by atoms with Crippen molar-refractivity contribution in [2.75, 3.05) is 0 Å². The summed E-state index contributed by atoms with van der Waals surface area (Å²) >= 11 is 6.09. The van der Waals surface area contributed by atoms with Crippen molar-refractivity contribution in [3.63, 3.8) is 0 Å². The Kier molecular flexibility index (Phi) is 5.18. The van der Waals surface area contributed by atoms with Gasteiger partial charge in [-0.2, -0.15) is 13.2 Å². The number of halogens is 5. The van der Waals surface area contributed by atoms with Crippen molar-refractivity contribution in [3.05, 3.63) is 88.6 Å². The lowest BCUT2D eigenvalue weighted by molar-refractivity contribution is -0.138. The van der Waals surface area contributed by atoms with E-state index in [-0.39, 0.29) is 28.3 Å². The zero-order chi connectivity index (χ0) is 22.3. The Bertz CT molecular complexity index is 1310. The Balaban J connectivity index is 1.88. The van der Waals surface area contributed by atoms with Gasteiger partial charge in [0, 0.05) is 46.0 Å². The second-order valence-corrected chi connectivity index (χ2v) is 7.23. The molecule has 158 valence electrons. The van der Waals surface area contributed by atoms with Gasteiger partial charge in [0.15, 0.2) is 0 Å². The fourth-order valence-corrected chi connectivity index (χ4v) is 3.74. The summed E-state index contributed by atoms with van der Waals surface area (Å²) < 4.78 is 56.7. The average molecular weight is 449 g/mol. The lowest BCUT2D eigenvalue weighted by atomic mass is 10.0. The van der Waals surface area contributed by atoms with E-state index in [0.717, 1.165) is 12.1 Å². The Hall–Kier alpha value is -3.39. The van der Waals surface area contributed by atoms with Crippen LogP contribution in [0.4, 0.5) is 17.6 Å². The van der Waals surface area contributed by atoms with Crippen LogP contribution < -0.4 is 0 Å². The van der Waals surface area contributed by atoms with Crippen LogP contribution in [0, 0.1) is 5.82 Å². The lowest BCUT2D eigenvalue weighted by Gasteiger charge is -2.15. The number of fused-ring (bicyclic) bond motifs is 1. The van der Waals surface area contributed by atoms with Crippen LogP contribution in [0.1, 0.15) is 21.5 Å². The van der Waals surface area contributed by atoms with Crippen molar-refractivity contribution in [1.82, 2.24) is 9.55 Å². The van der Waals surface area contributed by atoms with Gasteiger partial charge in [0.05, 0.1) is 22.8 Å². The fourth-order valence-electron chi connectivity index (χ4n) is 3.50. The van der Waals surface area contributed by atoms with Crippen molar-refractivity contribution in [3.8, 4) is 11.1 Å². The summed E-state index contributed by atoms with van der Waals surface area (Å²) in [4.78, 5) is 15.1. The molecule has 2 heterocycles. The van der Waals surface area contributed by atoms with Crippen LogP contribution in [0.15, 0.2) is 61.1 Å². The number of aromatic nitrogens is 2. The highest BCUT2D eigenvalue weighted by atomic mass is 35.5. The number of hydrogen-bond acceptors (Lipinski definition) is 2. The number of benzene rings is 2. The van der Waals surface area contributed by atoms with Gasteiger partial charge in [-0.25, -0.2) is 9.18 Å². The first-order valence-corrected chi connectivity index (χ1v) is 9.35. The molecular weight excluding hydrogens is 436 g/mol. The summed E-state index contributed by atoms with van der Waals surface area (Å²) in [5.41, 5.74) is -0.192. The highest BCUT2D eigenvalue weighted by Crippen LogP contribution is 2.37. The summed E-state index contributed by atoms with van der Waals surface area (Å²) in [6, 6.07) is 8.67. The highest BCUT2D eigenvalue weighted by Gasteiger charge is 2.34. The Morgan fingerprint density at radius 3 is 2.58 bits per heavy atom. The maximum absolute atomic E-state index is 14.7. The summed E-state index contributed by atoms with van der Waals surface area (Å²) in [5, 5.41) is 9.56. The summed E-state index contributed by atoms with van der Waals surface area (Å²) in [6.45, 7) is -0.217. The highest BCUT2D eigenvalue weighted by molar-refractivity contribution is 6.31. The van der Waals surface area contributed by atoms with Gasteiger partial charge in [0.25, 0.3) is 0 Å². The van der Waals surface area contributed by atoms with Crippen molar-refractivity contribution >= 4 is 28.5 Å². The van der Waals surface area contributed by atoms with E-state index in [9.17, 15) is 22.4 Å². The van der Waals surface area contributed by atoms with E-state index in [1.807, 2.05) is 0 Å². The number of nitrogens with zero attached hydrogens (tertiary/aromatic N) is 2. The van der Waals surface area contributed by atoms with E-state index >= 15 is 0 Å². The van der Waals surface area contributed by atoms with E-state index in [2.05, 4.69) is 4.98 Å². The molecule has 2 aromatic carbocycles. The fraction of sp³-hybridized carbons (Fsp3) is 0.0909. The quantitative estimate of drug-likeness (QED) is 0.375. The van der Waals surface area contributed by atoms with Gasteiger partial charge in [0.2, 0.25) is 0 Å². The maximum Gasteiger partial charge on any atom is 0.416 e. The second-order valence-electron chi connectivity index (χ2n) is 6.83. The van der Waals surface area contributed by atoms with Crippen LogP contribution in [0.25, 0.3) is 22.0 Å². The number of aromatic carboxylic acids is 1. The molecule has 0 bridgehead atoms. The SMILES string of the molecule is O=C(O)c1ccc(-c2cn(Cc3c(Cl)cccc3C(F)(F)F)c3cnccc23)c(F)c1. The molecule has 31 heavy (non-hydrogen) atoms. The average Bonchev–Trinajstić information content (AvgIpc) is 3.07. The maximum atomic E-state index is 14.7. The molecule has 4 rings (SSSR count). The molecule has 0 spiro atoms. The van der Waals surface area contributed by atoms with Crippen molar-refractivity contribution in [1.29, 1.82) is 0 Å². The van der Waals surface area contributed by atoms with Gasteiger partial charge in [0.1, 0.15) is 5.82 Å². The number of hydrogen-bond donors (Lipinski definition) is 1. The van der Waals surface area contributed by atoms with E-state index in [4.69, 9.17) is 16.7 Å². The van der Waals surface area contributed by atoms with Gasteiger partial charge in [-0.05, 0) is 30.3 Å². The largest absolute Gasteiger partial charge is 0.478 e. The van der Waals surface area contributed by atoms with Crippen molar-refractivity contribution < 1.29 is 27.5 Å². The molecule has 0 aliphatic carbocycles. The molecule has 0 amide bonds. The predicted octanol–water partition coefficient (Wildman–Crippen LogP) is 6.26. The zero-order valence-corrected chi connectivity index (χ0v) is 16.4. The van der Waals surface area contributed by atoms with E-state index in [0.29, 0.717) is 16.5 Å². The third-order valence-corrected chi connectivity index (χ3v) is 5.30. The van der Waals surface area contributed by atoms with E-state index in [1.165, 1.54) is 47.4 Å². The molecule has 9 heteroatoms. The number of alkyl halides is 3. The van der Waals surface area contributed by atoms with Crippen LogP contribution >= 0.6 is 11.6 Å². The molecular formula is C22H13ClF4N2O2. The van der Waals surface area contributed by atoms with Crippen molar-refractivity contribution in [2.24, 2.45) is 0 Å². The van der Waals surface area contributed by atoms with Crippen LogP contribution in [0.3, 0.4) is 0 Å². The van der Waals surface area contributed by atoms with E-state index < -0.39 is 23.5 Å². The minimum atomic E-state index is -4.59. The molecule has 0 aliphatic heterocycles. The number of pyridine rings is 1. The molecule has 0 saturated carbocycles. The van der Waals surface area contributed by atoms with E-state index in [1.54, 1.807) is 6.07 Å². The smallest absolute Gasteiger partial charge is 0.416 e.